The number of carboxylic acids is 1. The first-order valence-electron chi connectivity index (χ1n) is 6.07. The molecule has 0 saturated heterocycles. The maximum absolute atomic E-state index is 11.5. The lowest BCUT2D eigenvalue weighted by atomic mass is 10.2. The average molecular weight is 358 g/mol. The number of hydrogen-bond acceptors (Lipinski definition) is 4. The number of carbonyl (C=O) groups is 2. The standard InChI is InChI=1S/C14H16BrNO5/c1-20-11-8-9(7-10(15)14(11)21-2)3-4-12(17)16-6-5-13(18)19/h3-4,7-8H,5-6H2,1-2H3,(H,16,17)(H,18,19)/b4-3+. The Morgan fingerprint density at radius 2 is 2.05 bits per heavy atom. The zero-order chi connectivity index (χ0) is 15.8. The van der Waals surface area contributed by atoms with Crippen LogP contribution in [0.5, 0.6) is 11.5 Å². The molecular formula is C14H16BrNO5. The highest BCUT2D eigenvalue weighted by Gasteiger charge is 2.09. The van der Waals surface area contributed by atoms with Gasteiger partial charge in [-0.05, 0) is 39.7 Å². The third-order valence-corrected chi connectivity index (χ3v) is 3.11. The van der Waals surface area contributed by atoms with Gasteiger partial charge in [-0.25, -0.2) is 0 Å². The fraction of sp³-hybridized carbons (Fsp3) is 0.286. The molecule has 0 bridgehead atoms. The van der Waals surface area contributed by atoms with Crippen molar-refractivity contribution in [3.63, 3.8) is 0 Å². The number of carboxylic acid groups (broad SMARTS) is 1. The average Bonchev–Trinajstić information content (AvgIpc) is 2.44. The Hall–Kier alpha value is -2.02. The van der Waals surface area contributed by atoms with E-state index in [4.69, 9.17) is 14.6 Å². The van der Waals surface area contributed by atoms with Gasteiger partial charge in [0, 0.05) is 12.6 Å². The van der Waals surface area contributed by atoms with E-state index in [1.165, 1.54) is 20.3 Å². The molecule has 2 N–H and O–H groups in total. The summed E-state index contributed by atoms with van der Waals surface area (Å²) in [6.07, 6.45) is 2.82. The molecule has 0 heterocycles. The first kappa shape index (κ1) is 17.0. The van der Waals surface area contributed by atoms with Crippen molar-refractivity contribution in [1.29, 1.82) is 0 Å². The van der Waals surface area contributed by atoms with Gasteiger partial charge in [-0.15, -0.1) is 0 Å². The molecule has 114 valence electrons. The Morgan fingerprint density at radius 1 is 1.33 bits per heavy atom. The van der Waals surface area contributed by atoms with Crippen molar-refractivity contribution >= 4 is 33.9 Å². The molecule has 7 heteroatoms. The van der Waals surface area contributed by atoms with Gasteiger partial charge in [-0.1, -0.05) is 0 Å². The molecule has 6 nitrogen and oxygen atoms in total. The summed E-state index contributed by atoms with van der Waals surface area (Å²) in [5.74, 6) is -0.205. The van der Waals surface area contributed by atoms with Crippen molar-refractivity contribution < 1.29 is 24.2 Å². The smallest absolute Gasteiger partial charge is 0.305 e. The van der Waals surface area contributed by atoms with Crippen LogP contribution in [-0.2, 0) is 9.59 Å². The van der Waals surface area contributed by atoms with Crippen LogP contribution in [0.1, 0.15) is 12.0 Å². The molecule has 1 aromatic carbocycles. The predicted molar refractivity (Wildman–Crippen MR) is 81.5 cm³/mol. The molecule has 0 atom stereocenters. The van der Waals surface area contributed by atoms with Gasteiger partial charge in [0.2, 0.25) is 5.91 Å². The number of halogens is 1. The molecule has 0 unspecified atom stereocenters. The van der Waals surface area contributed by atoms with Crippen molar-refractivity contribution in [2.75, 3.05) is 20.8 Å². The molecule has 0 aromatic heterocycles. The Bertz CT molecular complexity index is 557. The molecular weight excluding hydrogens is 342 g/mol. The molecule has 0 saturated carbocycles. The van der Waals surface area contributed by atoms with Crippen molar-refractivity contribution in [2.45, 2.75) is 6.42 Å². The lowest BCUT2D eigenvalue weighted by Gasteiger charge is -2.10. The quantitative estimate of drug-likeness (QED) is 0.729. The van der Waals surface area contributed by atoms with Crippen LogP contribution in [0.2, 0.25) is 0 Å². The number of nitrogens with one attached hydrogen (secondary N) is 1. The van der Waals surface area contributed by atoms with Crippen LogP contribution in [0, 0.1) is 0 Å². The van der Waals surface area contributed by atoms with E-state index in [2.05, 4.69) is 21.2 Å². The van der Waals surface area contributed by atoms with Crippen LogP contribution < -0.4 is 14.8 Å². The van der Waals surface area contributed by atoms with E-state index in [0.717, 1.165) is 5.56 Å². The van der Waals surface area contributed by atoms with Crippen LogP contribution in [0.25, 0.3) is 6.08 Å². The van der Waals surface area contributed by atoms with E-state index in [1.807, 2.05) is 0 Å². The molecule has 0 spiro atoms. The lowest BCUT2D eigenvalue weighted by Crippen LogP contribution is -2.23. The summed E-state index contributed by atoms with van der Waals surface area (Å²) >= 11 is 3.36. The summed E-state index contributed by atoms with van der Waals surface area (Å²) in [5, 5.41) is 10.9. The number of benzene rings is 1. The Balaban J connectivity index is 2.74. The highest BCUT2D eigenvalue weighted by atomic mass is 79.9. The monoisotopic (exact) mass is 357 g/mol. The van der Waals surface area contributed by atoms with E-state index in [-0.39, 0.29) is 18.9 Å². The van der Waals surface area contributed by atoms with Gasteiger partial charge in [0.05, 0.1) is 25.1 Å². The largest absolute Gasteiger partial charge is 0.493 e. The minimum Gasteiger partial charge on any atom is -0.493 e. The molecule has 0 aliphatic carbocycles. The molecule has 1 aromatic rings. The first-order valence-corrected chi connectivity index (χ1v) is 6.86. The SMILES string of the molecule is COc1cc(/C=C/C(=O)NCCC(=O)O)cc(Br)c1OC. The summed E-state index contributed by atoms with van der Waals surface area (Å²) in [7, 11) is 3.06. The van der Waals surface area contributed by atoms with Crippen molar-refractivity contribution in [1.82, 2.24) is 5.32 Å². The maximum atomic E-state index is 11.5. The van der Waals surface area contributed by atoms with Crippen LogP contribution in [0.15, 0.2) is 22.7 Å². The Kier molecular flexibility index (Phi) is 6.74. The number of methoxy groups -OCH3 is 2. The summed E-state index contributed by atoms with van der Waals surface area (Å²) in [4.78, 5) is 21.8. The van der Waals surface area contributed by atoms with Crippen LogP contribution in [0.3, 0.4) is 0 Å². The second kappa shape index (κ2) is 8.31. The van der Waals surface area contributed by atoms with Gasteiger partial charge < -0.3 is 19.9 Å². The van der Waals surface area contributed by atoms with Crippen LogP contribution >= 0.6 is 15.9 Å². The minimum absolute atomic E-state index is 0.0914. The zero-order valence-electron chi connectivity index (χ0n) is 11.7. The summed E-state index contributed by atoms with van der Waals surface area (Å²) in [5.41, 5.74) is 0.743. The van der Waals surface area contributed by atoms with E-state index in [0.29, 0.717) is 16.0 Å². The van der Waals surface area contributed by atoms with Crippen molar-refractivity contribution in [3.8, 4) is 11.5 Å². The molecule has 1 rings (SSSR count). The lowest BCUT2D eigenvalue weighted by molar-refractivity contribution is -0.136. The maximum Gasteiger partial charge on any atom is 0.305 e. The highest BCUT2D eigenvalue weighted by molar-refractivity contribution is 9.10. The van der Waals surface area contributed by atoms with Crippen molar-refractivity contribution in [2.24, 2.45) is 0 Å². The van der Waals surface area contributed by atoms with Crippen LogP contribution in [-0.4, -0.2) is 37.7 Å². The van der Waals surface area contributed by atoms with E-state index in [9.17, 15) is 9.59 Å². The normalized spacial score (nSPS) is 10.4. The summed E-state index contributed by atoms with van der Waals surface area (Å²) in [6, 6.07) is 3.51. The fourth-order valence-corrected chi connectivity index (χ4v) is 2.18. The van der Waals surface area contributed by atoms with E-state index < -0.39 is 5.97 Å². The first-order chi connectivity index (χ1) is 9.97. The molecule has 0 aliphatic heterocycles. The number of ether oxygens (including phenoxy) is 2. The Morgan fingerprint density at radius 3 is 2.62 bits per heavy atom. The zero-order valence-corrected chi connectivity index (χ0v) is 13.3. The molecule has 0 aliphatic rings. The number of hydrogen-bond donors (Lipinski definition) is 2. The number of aliphatic carboxylic acids is 1. The van der Waals surface area contributed by atoms with Gasteiger partial charge in [0.1, 0.15) is 0 Å². The molecule has 0 fully saturated rings. The third-order valence-electron chi connectivity index (χ3n) is 2.52. The third kappa shape index (κ3) is 5.47. The molecule has 0 radical (unpaired) electrons. The predicted octanol–water partition coefficient (Wildman–Crippen LogP) is 2.07. The number of amides is 1. The van der Waals surface area contributed by atoms with Gasteiger partial charge in [-0.3, -0.25) is 9.59 Å². The number of rotatable bonds is 7. The second-order valence-corrected chi connectivity index (χ2v) is 4.86. The summed E-state index contributed by atoms with van der Waals surface area (Å²) in [6.45, 7) is 0.0914. The fourth-order valence-electron chi connectivity index (χ4n) is 1.56. The highest BCUT2D eigenvalue weighted by Crippen LogP contribution is 2.36. The second-order valence-electron chi connectivity index (χ2n) is 4.01. The molecule has 21 heavy (non-hydrogen) atoms. The van der Waals surface area contributed by atoms with Gasteiger partial charge in [0.15, 0.2) is 11.5 Å². The van der Waals surface area contributed by atoms with Gasteiger partial charge >= 0.3 is 5.97 Å². The van der Waals surface area contributed by atoms with Crippen molar-refractivity contribution in [3.05, 3.63) is 28.2 Å². The number of carbonyl (C=O) groups excluding carboxylic acids is 1. The minimum atomic E-state index is -0.955. The van der Waals surface area contributed by atoms with Gasteiger partial charge in [-0.2, -0.15) is 0 Å². The van der Waals surface area contributed by atoms with Gasteiger partial charge in [0.25, 0.3) is 0 Å². The molecule has 1 amide bonds. The topological polar surface area (TPSA) is 84.9 Å². The van der Waals surface area contributed by atoms with E-state index >= 15 is 0 Å². The van der Waals surface area contributed by atoms with E-state index in [1.54, 1.807) is 18.2 Å². The summed E-state index contributed by atoms with van der Waals surface area (Å²) < 4.78 is 11.1. The van der Waals surface area contributed by atoms with Crippen LogP contribution in [0.4, 0.5) is 0 Å². The Labute approximate surface area is 130 Å².